The van der Waals surface area contributed by atoms with E-state index in [0.717, 1.165) is 5.56 Å². The molecule has 0 saturated carbocycles. The van der Waals surface area contributed by atoms with Crippen molar-refractivity contribution < 1.29 is 22.1 Å². The van der Waals surface area contributed by atoms with Crippen LogP contribution in [0.4, 0.5) is 0 Å². The number of aryl methyl sites for hydroxylation is 1. The third-order valence-electron chi connectivity index (χ3n) is 2.38. The molecule has 94 valence electrons. The van der Waals surface area contributed by atoms with Crippen LogP contribution in [0.25, 0.3) is 0 Å². The van der Waals surface area contributed by atoms with Crippen molar-refractivity contribution in [1.82, 2.24) is 0 Å². The molecule has 17 heavy (non-hydrogen) atoms. The van der Waals surface area contributed by atoms with E-state index >= 15 is 0 Å². The summed E-state index contributed by atoms with van der Waals surface area (Å²) in [5.74, 6) is -1.51. The van der Waals surface area contributed by atoms with E-state index in [9.17, 15) is 8.42 Å². The normalized spacial score (nSPS) is 19.4. The van der Waals surface area contributed by atoms with E-state index < -0.39 is 16.1 Å². The van der Waals surface area contributed by atoms with Crippen molar-refractivity contribution in [3.05, 3.63) is 29.8 Å². The molecule has 0 N–H and O–H groups in total. The van der Waals surface area contributed by atoms with Crippen LogP contribution >= 0.6 is 0 Å². The predicted molar refractivity (Wildman–Crippen MR) is 59.8 cm³/mol. The van der Waals surface area contributed by atoms with Crippen molar-refractivity contribution >= 4 is 10.1 Å². The Kier molecular flexibility index (Phi) is 3.22. The molecule has 0 aromatic heterocycles. The van der Waals surface area contributed by atoms with Gasteiger partial charge < -0.3 is 9.47 Å². The van der Waals surface area contributed by atoms with Crippen molar-refractivity contribution in [2.75, 3.05) is 13.2 Å². The Balaban J connectivity index is 2.22. The van der Waals surface area contributed by atoms with Gasteiger partial charge in [-0.25, -0.2) is 4.18 Å². The zero-order chi connectivity index (χ0) is 12.5. The van der Waals surface area contributed by atoms with Crippen LogP contribution in [0.5, 0.6) is 0 Å². The smallest absolute Gasteiger partial charge is 0.301 e. The number of hydrogen-bond donors (Lipinski definition) is 0. The molecule has 1 aromatic carbocycles. The van der Waals surface area contributed by atoms with Crippen LogP contribution in [0.15, 0.2) is 29.2 Å². The Morgan fingerprint density at radius 3 is 2.24 bits per heavy atom. The van der Waals surface area contributed by atoms with Crippen LogP contribution in [-0.4, -0.2) is 27.6 Å². The number of hydrogen-bond acceptors (Lipinski definition) is 5. The molecular formula is C11H14O5S. The van der Waals surface area contributed by atoms with Crippen LogP contribution in [0, 0.1) is 6.92 Å². The van der Waals surface area contributed by atoms with Gasteiger partial charge in [0.05, 0.1) is 18.1 Å². The van der Waals surface area contributed by atoms with Gasteiger partial charge in [-0.3, -0.25) is 0 Å². The van der Waals surface area contributed by atoms with Gasteiger partial charge in [-0.1, -0.05) is 17.7 Å². The van der Waals surface area contributed by atoms with Crippen LogP contribution in [0.1, 0.15) is 12.5 Å². The predicted octanol–water partition coefficient (Wildman–Crippen LogP) is 1.42. The highest BCUT2D eigenvalue weighted by molar-refractivity contribution is 7.86. The standard InChI is InChI=1S/C11H14O5S/c1-9-3-5-10(6-4-9)17(12,13)16-11(2)14-7-8-15-11/h3-6H,7-8H2,1-2H3. The van der Waals surface area contributed by atoms with E-state index in [1.54, 1.807) is 12.1 Å². The average molecular weight is 258 g/mol. The first-order valence-electron chi connectivity index (χ1n) is 5.22. The fraction of sp³-hybridized carbons (Fsp3) is 0.455. The summed E-state index contributed by atoms with van der Waals surface area (Å²) in [5, 5.41) is 0. The van der Waals surface area contributed by atoms with Crippen LogP contribution in [0.2, 0.25) is 0 Å². The molecule has 2 rings (SSSR count). The topological polar surface area (TPSA) is 61.8 Å². The molecule has 6 heteroatoms. The minimum atomic E-state index is -3.87. The third-order valence-corrected chi connectivity index (χ3v) is 3.75. The van der Waals surface area contributed by atoms with Gasteiger partial charge in [-0.05, 0) is 19.1 Å². The molecule has 1 aliphatic rings. The lowest BCUT2D eigenvalue weighted by Crippen LogP contribution is -2.32. The van der Waals surface area contributed by atoms with Crippen LogP contribution in [0.3, 0.4) is 0 Å². The molecule has 1 fully saturated rings. The number of rotatable bonds is 3. The fourth-order valence-electron chi connectivity index (χ4n) is 1.50. The Labute approximate surface area is 100 Å². The zero-order valence-corrected chi connectivity index (χ0v) is 10.5. The molecule has 1 heterocycles. The van der Waals surface area contributed by atoms with E-state index in [-0.39, 0.29) is 4.90 Å². The van der Waals surface area contributed by atoms with Gasteiger partial charge in [0.2, 0.25) is 0 Å². The zero-order valence-electron chi connectivity index (χ0n) is 9.67. The first-order chi connectivity index (χ1) is 7.91. The molecule has 0 atom stereocenters. The maximum absolute atomic E-state index is 11.9. The van der Waals surface area contributed by atoms with Crippen molar-refractivity contribution in [3.8, 4) is 0 Å². The van der Waals surface area contributed by atoms with Crippen molar-refractivity contribution in [1.29, 1.82) is 0 Å². The van der Waals surface area contributed by atoms with Gasteiger partial charge in [0.1, 0.15) is 0 Å². The largest absolute Gasteiger partial charge is 0.324 e. The second-order valence-corrected chi connectivity index (χ2v) is 5.46. The van der Waals surface area contributed by atoms with E-state index in [0.29, 0.717) is 13.2 Å². The Morgan fingerprint density at radius 2 is 1.71 bits per heavy atom. The lowest BCUT2D eigenvalue weighted by atomic mass is 10.2. The van der Waals surface area contributed by atoms with Crippen molar-refractivity contribution in [2.24, 2.45) is 0 Å². The van der Waals surface area contributed by atoms with Crippen LogP contribution in [-0.2, 0) is 23.8 Å². The second kappa shape index (κ2) is 4.38. The highest BCUT2D eigenvalue weighted by Gasteiger charge is 2.38. The first kappa shape index (κ1) is 12.5. The molecule has 0 aliphatic carbocycles. The molecule has 0 radical (unpaired) electrons. The summed E-state index contributed by atoms with van der Waals surface area (Å²) in [7, 11) is -3.87. The van der Waals surface area contributed by atoms with E-state index in [2.05, 4.69) is 0 Å². The minimum Gasteiger partial charge on any atom is -0.324 e. The molecule has 0 amide bonds. The molecule has 1 aliphatic heterocycles. The van der Waals surface area contributed by atoms with Gasteiger partial charge in [0, 0.05) is 6.92 Å². The Morgan fingerprint density at radius 1 is 1.18 bits per heavy atom. The molecule has 1 aromatic rings. The van der Waals surface area contributed by atoms with Gasteiger partial charge in [-0.15, -0.1) is 0 Å². The van der Waals surface area contributed by atoms with Gasteiger partial charge >= 0.3 is 10.1 Å². The van der Waals surface area contributed by atoms with Crippen molar-refractivity contribution in [2.45, 2.75) is 24.7 Å². The number of benzene rings is 1. The summed E-state index contributed by atoms with van der Waals surface area (Å²) in [6, 6.07) is 6.38. The molecule has 0 unspecified atom stereocenters. The lowest BCUT2D eigenvalue weighted by molar-refractivity contribution is -0.269. The monoisotopic (exact) mass is 258 g/mol. The average Bonchev–Trinajstić information content (AvgIpc) is 2.64. The quantitative estimate of drug-likeness (QED) is 0.767. The summed E-state index contributed by atoms with van der Waals surface area (Å²) in [5.41, 5.74) is 0.975. The van der Waals surface area contributed by atoms with E-state index in [1.165, 1.54) is 19.1 Å². The van der Waals surface area contributed by atoms with Gasteiger partial charge in [0.15, 0.2) is 0 Å². The minimum absolute atomic E-state index is 0.0865. The third kappa shape index (κ3) is 2.84. The molecule has 0 bridgehead atoms. The highest BCUT2D eigenvalue weighted by atomic mass is 32.2. The Hall–Kier alpha value is -0.950. The second-order valence-electron chi connectivity index (χ2n) is 3.91. The van der Waals surface area contributed by atoms with Gasteiger partial charge in [-0.2, -0.15) is 8.42 Å². The lowest BCUT2D eigenvalue weighted by Gasteiger charge is -2.21. The molecule has 0 spiro atoms. The molecular weight excluding hydrogens is 244 g/mol. The first-order valence-corrected chi connectivity index (χ1v) is 6.62. The molecule has 1 saturated heterocycles. The van der Waals surface area contributed by atoms with Crippen molar-refractivity contribution in [3.63, 3.8) is 0 Å². The number of ether oxygens (including phenoxy) is 2. The van der Waals surface area contributed by atoms with Crippen LogP contribution < -0.4 is 0 Å². The summed E-state index contributed by atoms with van der Waals surface area (Å²) in [6.07, 6.45) is 0. The Bertz CT molecular complexity index is 485. The SMILES string of the molecule is Cc1ccc(S(=O)(=O)OC2(C)OCCO2)cc1. The highest BCUT2D eigenvalue weighted by Crippen LogP contribution is 2.26. The van der Waals surface area contributed by atoms with E-state index in [4.69, 9.17) is 13.7 Å². The molecule has 5 nitrogen and oxygen atoms in total. The van der Waals surface area contributed by atoms with E-state index in [1.807, 2.05) is 6.92 Å². The summed E-state index contributed by atoms with van der Waals surface area (Å²) >= 11 is 0. The summed E-state index contributed by atoms with van der Waals surface area (Å²) < 4.78 is 39.0. The fourth-order valence-corrected chi connectivity index (χ4v) is 2.56. The maximum atomic E-state index is 11.9. The summed E-state index contributed by atoms with van der Waals surface area (Å²) in [6.45, 7) is 3.95. The maximum Gasteiger partial charge on any atom is 0.301 e. The summed E-state index contributed by atoms with van der Waals surface area (Å²) in [4.78, 5) is 0.0865. The van der Waals surface area contributed by atoms with Gasteiger partial charge in [0.25, 0.3) is 5.97 Å².